The van der Waals surface area contributed by atoms with Crippen LogP contribution in [0, 0.1) is 0 Å². The van der Waals surface area contributed by atoms with Gasteiger partial charge in [0, 0.05) is 46.4 Å². The van der Waals surface area contributed by atoms with Gasteiger partial charge >= 0.3 is 0 Å². The molecule has 1 fully saturated rings. The lowest BCUT2D eigenvalue weighted by molar-refractivity contribution is -0.127. The summed E-state index contributed by atoms with van der Waals surface area (Å²) in [5.74, 6) is 0.0940. The molecule has 0 saturated carbocycles. The SMILES string of the molecule is CNC(=O)C1CNCCN1C(C)CCOC. The van der Waals surface area contributed by atoms with Crippen LogP contribution in [0.2, 0.25) is 0 Å². The van der Waals surface area contributed by atoms with Gasteiger partial charge in [0.1, 0.15) is 6.04 Å². The van der Waals surface area contributed by atoms with Crippen molar-refractivity contribution in [1.29, 1.82) is 0 Å². The number of nitrogens with zero attached hydrogens (tertiary/aromatic N) is 1. The lowest BCUT2D eigenvalue weighted by Gasteiger charge is -2.39. The fourth-order valence-electron chi connectivity index (χ4n) is 2.11. The quantitative estimate of drug-likeness (QED) is 0.663. The molecule has 0 bridgehead atoms. The lowest BCUT2D eigenvalue weighted by atomic mass is 10.1. The van der Waals surface area contributed by atoms with Crippen LogP contribution in [0.1, 0.15) is 13.3 Å². The monoisotopic (exact) mass is 229 g/mol. The molecule has 1 amide bonds. The number of likely N-dealkylation sites (N-methyl/N-ethyl adjacent to an activating group) is 1. The van der Waals surface area contributed by atoms with Crippen molar-refractivity contribution >= 4 is 5.91 Å². The van der Waals surface area contributed by atoms with Crippen molar-refractivity contribution < 1.29 is 9.53 Å². The average Bonchev–Trinajstić information content (AvgIpc) is 2.35. The Morgan fingerprint density at radius 1 is 1.69 bits per heavy atom. The normalized spacial score (nSPS) is 24.1. The predicted octanol–water partition coefficient (Wildman–Crippen LogP) is -0.569. The molecule has 1 heterocycles. The van der Waals surface area contributed by atoms with Crippen LogP contribution in [0.5, 0.6) is 0 Å². The van der Waals surface area contributed by atoms with Gasteiger partial charge in [-0.1, -0.05) is 0 Å². The molecule has 16 heavy (non-hydrogen) atoms. The zero-order chi connectivity index (χ0) is 12.0. The highest BCUT2D eigenvalue weighted by atomic mass is 16.5. The fraction of sp³-hybridized carbons (Fsp3) is 0.909. The highest BCUT2D eigenvalue weighted by Gasteiger charge is 2.30. The van der Waals surface area contributed by atoms with Crippen molar-refractivity contribution in [1.82, 2.24) is 15.5 Å². The van der Waals surface area contributed by atoms with Crippen LogP contribution in [0.15, 0.2) is 0 Å². The van der Waals surface area contributed by atoms with Crippen molar-refractivity contribution in [2.45, 2.75) is 25.4 Å². The van der Waals surface area contributed by atoms with Crippen molar-refractivity contribution in [2.75, 3.05) is 40.4 Å². The second-order valence-electron chi connectivity index (χ2n) is 4.20. The van der Waals surface area contributed by atoms with E-state index < -0.39 is 0 Å². The zero-order valence-electron chi connectivity index (χ0n) is 10.5. The van der Waals surface area contributed by atoms with Crippen molar-refractivity contribution in [3.05, 3.63) is 0 Å². The molecule has 94 valence electrons. The van der Waals surface area contributed by atoms with Crippen LogP contribution in [-0.4, -0.2) is 63.3 Å². The van der Waals surface area contributed by atoms with E-state index in [1.807, 2.05) is 0 Å². The second kappa shape index (κ2) is 6.83. The van der Waals surface area contributed by atoms with Crippen LogP contribution in [0.4, 0.5) is 0 Å². The Morgan fingerprint density at radius 3 is 3.06 bits per heavy atom. The molecule has 0 aromatic carbocycles. The smallest absolute Gasteiger partial charge is 0.238 e. The minimum absolute atomic E-state index is 0.0504. The summed E-state index contributed by atoms with van der Waals surface area (Å²) in [5.41, 5.74) is 0. The lowest BCUT2D eigenvalue weighted by Crippen LogP contribution is -2.59. The molecule has 2 atom stereocenters. The molecule has 5 heteroatoms. The number of ether oxygens (including phenoxy) is 1. The van der Waals surface area contributed by atoms with Gasteiger partial charge in [0.2, 0.25) is 5.91 Å². The third-order valence-corrected chi connectivity index (χ3v) is 3.14. The number of nitrogens with one attached hydrogen (secondary N) is 2. The van der Waals surface area contributed by atoms with Gasteiger partial charge in [-0.3, -0.25) is 9.69 Å². The first kappa shape index (κ1) is 13.4. The highest BCUT2D eigenvalue weighted by molar-refractivity contribution is 5.81. The molecular weight excluding hydrogens is 206 g/mol. The maximum Gasteiger partial charge on any atom is 0.238 e. The van der Waals surface area contributed by atoms with E-state index in [-0.39, 0.29) is 11.9 Å². The van der Waals surface area contributed by atoms with Crippen molar-refractivity contribution in [2.24, 2.45) is 0 Å². The molecule has 5 nitrogen and oxygen atoms in total. The average molecular weight is 229 g/mol. The highest BCUT2D eigenvalue weighted by Crippen LogP contribution is 2.11. The Bertz CT molecular complexity index is 223. The molecular formula is C11H23N3O2. The van der Waals surface area contributed by atoms with Gasteiger partial charge in [-0.05, 0) is 13.3 Å². The van der Waals surface area contributed by atoms with E-state index in [9.17, 15) is 4.79 Å². The van der Waals surface area contributed by atoms with Crippen LogP contribution < -0.4 is 10.6 Å². The first-order valence-corrected chi connectivity index (χ1v) is 5.87. The number of rotatable bonds is 5. The van der Waals surface area contributed by atoms with E-state index in [2.05, 4.69) is 22.5 Å². The molecule has 2 N–H and O–H groups in total. The molecule has 0 aliphatic carbocycles. The molecule has 1 saturated heterocycles. The summed E-state index contributed by atoms with van der Waals surface area (Å²) < 4.78 is 5.08. The first-order valence-electron chi connectivity index (χ1n) is 5.87. The number of hydrogen-bond acceptors (Lipinski definition) is 4. The number of amides is 1. The second-order valence-corrected chi connectivity index (χ2v) is 4.20. The van der Waals surface area contributed by atoms with Crippen LogP contribution in [-0.2, 0) is 9.53 Å². The van der Waals surface area contributed by atoms with Crippen LogP contribution in [0.3, 0.4) is 0 Å². The topological polar surface area (TPSA) is 53.6 Å². The maximum atomic E-state index is 11.7. The number of carbonyl (C=O) groups excluding carboxylic acids is 1. The van der Waals surface area contributed by atoms with Gasteiger partial charge in [-0.2, -0.15) is 0 Å². The summed E-state index contributed by atoms with van der Waals surface area (Å²) in [6, 6.07) is 0.329. The molecule has 0 spiro atoms. The van der Waals surface area contributed by atoms with E-state index in [0.29, 0.717) is 6.04 Å². The van der Waals surface area contributed by atoms with E-state index in [1.54, 1.807) is 14.2 Å². The van der Waals surface area contributed by atoms with Gasteiger partial charge in [-0.15, -0.1) is 0 Å². The first-order chi connectivity index (χ1) is 7.70. The fourth-order valence-corrected chi connectivity index (χ4v) is 2.11. The molecule has 1 rings (SSSR count). The maximum absolute atomic E-state index is 11.7. The van der Waals surface area contributed by atoms with Crippen molar-refractivity contribution in [3.63, 3.8) is 0 Å². The van der Waals surface area contributed by atoms with Gasteiger partial charge in [0.15, 0.2) is 0 Å². The Balaban J connectivity index is 2.55. The largest absolute Gasteiger partial charge is 0.385 e. The van der Waals surface area contributed by atoms with Gasteiger partial charge in [0.05, 0.1) is 0 Å². The summed E-state index contributed by atoms with van der Waals surface area (Å²) in [7, 11) is 3.40. The van der Waals surface area contributed by atoms with Crippen LogP contribution in [0.25, 0.3) is 0 Å². The summed E-state index contributed by atoms with van der Waals surface area (Å²) in [6.45, 7) is 5.50. The molecule has 1 aliphatic heterocycles. The Hall–Kier alpha value is -0.650. The van der Waals surface area contributed by atoms with E-state index in [1.165, 1.54) is 0 Å². The molecule has 2 unspecified atom stereocenters. The zero-order valence-corrected chi connectivity index (χ0v) is 10.5. The number of carbonyl (C=O) groups is 1. The van der Waals surface area contributed by atoms with E-state index >= 15 is 0 Å². The third-order valence-electron chi connectivity index (χ3n) is 3.14. The van der Waals surface area contributed by atoms with Crippen LogP contribution >= 0.6 is 0 Å². The molecule has 0 aromatic heterocycles. The van der Waals surface area contributed by atoms with E-state index in [4.69, 9.17) is 4.74 Å². The number of piperazine rings is 1. The summed E-state index contributed by atoms with van der Waals surface area (Å²) in [6.07, 6.45) is 0.962. The third kappa shape index (κ3) is 3.43. The van der Waals surface area contributed by atoms with Gasteiger partial charge in [-0.25, -0.2) is 0 Å². The minimum Gasteiger partial charge on any atom is -0.385 e. The van der Waals surface area contributed by atoms with Gasteiger partial charge in [0.25, 0.3) is 0 Å². The number of hydrogen-bond donors (Lipinski definition) is 2. The standard InChI is InChI=1S/C11H23N3O2/c1-9(4-7-16-3)14-6-5-13-8-10(14)11(15)12-2/h9-10,13H,4-8H2,1-3H3,(H,12,15). The Labute approximate surface area is 97.5 Å². The van der Waals surface area contributed by atoms with Gasteiger partial charge < -0.3 is 15.4 Å². The Kier molecular flexibility index (Phi) is 5.73. The van der Waals surface area contributed by atoms with E-state index in [0.717, 1.165) is 32.7 Å². The minimum atomic E-state index is -0.0504. The van der Waals surface area contributed by atoms with Crippen molar-refractivity contribution in [3.8, 4) is 0 Å². The Morgan fingerprint density at radius 2 is 2.44 bits per heavy atom. The molecule has 0 aromatic rings. The molecule has 0 radical (unpaired) electrons. The summed E-state index contributed by atoms with van der Waals surface area (Å²) in [5, 5.41) is 5.98. The summed E-state index contributed by atoms with van der Waals surface area (Å²) in [4.78, 5) is 14.0. The summed E-state index contributed by atoms with van der Waals surface area (Å²) >= 11 is 0. The number of methoxy groups -OCH3 is 1. The molecule has 1 aliphatic rings. The predicted molar refractivity (Wildman–Crippen MR) is 63.4 cm³/mol.